The van der Waals surface area contributed by atoms with E-state index in [-0.39, 0.29) is 72.0 Å². The Kier molecular flexibility index (Phi) is 51.2. The fourth-order valence-corrected chi connectivity index (χ4v) is 7.18. The van der Waals surface area contributed by atoms with Crippen LogP contribution in [0.3, 0.4) is 0 Å². The van der Waals surface area contributed by atoms with E-state index in [1.54, 1.807) is 0 Å². The third kappa shape index (κ3) is 49.9. The second-order valence-electron chi connectivity index (χ2n) is 15.4. The Hall–Kier alpha value is 0. The second kappa shape index (κ2) is 48.0. The third-order valence-corrected chi connectivity index (χ3v) is 11.1. The minimum Gasteiger partial charge on any atom is -0.756 e. The predicted octanol–water partition coefficient (Wildman–Crippen LogP) is 2.79. The second-order valence-corrected chi connectivity index (χ2v) is 18.2. The number of carbonyl (C=O) groups is 2. The van der Waals surface area contributed by atoms with Crippen LogP contribution in [0.15, 0.2) is 48.6 Å². The van der Waals surface area contributed by atoms with E-state index in [2.05, 4.69) is 80.6 Å². The molecule has 0 amide bonds. The molecule has 4 atom stereocenters. The number of aliphatic hydroxyl groups is 3. The molecule has 2 unspecified atom stereocenters. The van der Waals surface area contributed by atoms with Crippen molar-refractivity contribution in [2.75, 3.05) is 39.6 Å². The van der Waals surface area contributed by atoms with Crippen LogP contribution in [0.1, 0.15) is 168 Å². The van der Waals surface area contributed by atoms with Crippen LogP contribution in [0.4, 0.5) is 0 Å². The molecule has 362 valence electrons. The average Bonchev–Trinajstić information content (AvgIpc) is 3.24. The topological polar surface area (TPSA) is 230 Å². The van der Waals surface area contributed by atoms with E-state index in [1.807, 2.05) is 0 Å². The molecule has 0 aliphatic heterocycles. The van der Waals surface area contributed by atoms with Gasteiger partial charge in [0.1, 0.15) is 31.5 Å². The van der Waals surface area contributed by atoms with E-state index in [0.29, 0.717) is 12.8 Å². The zero-order valence-electron chi connectivity index (χ0n) is 39.7. The molecule has 0 rings (SSSR count). The summed E-state index contributed by atoms with van der Waals surface area (Å²) in [6.45, 7) is -0.0797. The molecule has 0 saturated carbocycles. The molecule has 3 N–H and O–H groups in total. The minimum atomic E-state index is -5.05. The molecule has 0 spiro atoms. The number of phosphoric acid groups is 2. The van der Waals surface area contributed by atoms with Gasteiger partial charge >= 0.3 is 71.1 Å². The first-order chi connectivity index (χ1) is 29.8. The quantitative estimate of drug-likeness (QED) is 0.0262. The summed E-state index contributed by atoms with van der Waals surface area (Å²) < 4.78 is 52.1. The minimum absolute atomic E-state index is 0. The van der Waals surface area contributed by atoms with E-state index in [9.17, 15) is 43.8 Å². The molecule has 0 radical (unpaired) electrons. The van der Waals surface area contributed by atoms with Gasteiger partial charge in [-0.3, -0.25) is 18.7 Å². The van der Waals surface area contributed by atoms with Crippen molar-refractivity contribution in [3.05, 3.63) is 48.6 Å². The number of hydrogen-bond donors (Lipinski definition) is 3. The van der Waals surface area contributed by atoms with Crippen molar-refractivity contribution in [2.24, 2.45) is 0 Å². The molecule has 64 heavy (non-hydrogen) atoms. The van der Waals surface area contributed by atoms with Gasteiger partial charge in [-0.15, -0.1) is 0 Å². The van der Waals surface area contributed by atoms with Crippen molar-refractivity contribution in [3.63, 3.8) is 0 Å². The van der Waals surface area contributed by atoms with Gasteiger partial charge < -0.3 is 52.7 Å². The SMILES string of the molecule is CCCCC/C=C\C/C=C\CCCCCCCC(=O)OC[C@@H](O)COP(=O)([O-])OCC(O)COP(=O)([O-])OC[C@H](O)COC(=O)CCCCCCC/C=C\C/C=C\CCCCC.[Na+].[Na+]. The van der Waals surface area contributed by atoms with E-state index in [1.165, 1.54) is 38.5 Å². The molecular formula is C45H80Na2O15P2. The summed E-state index contributed by atoms with van der Waals surface area (Å²) in [6, 6.07) is 0. The molecule has 0 bridgehead atoms. The number of unbranched alkanes of at least 4 members (excludes halogenated alkanes) is 16. The third-order valence-electron chi connectivity index (χ3n) is 9.24. The number of phosphoric ester groups is 2. The van der Waals surface area contributed by atoms with Crippen molar-refractivity contribution in [2.45, 2.75) is 186 Å². The van der Waals surface area contributed by atoms with Gasteiger partial charge in [0.2, 0.25) is 0 Å². The molecule has 0 aliphatic carbocycles. The number of hydrogen-bond acceptors (Lipinski definition) is 15. The summed E-state index contributed by atoms with van der Waals surface area (Å²) in [5.74, 6) is -1.06. The first kappa shape index (κ1) is 68.3. The Morgan fingerprint density at radius 2 is 0.703 bits per heavy atom. The number of rotatable bonds is 44. The summed E-state index contributed by atoms with van der Waals surface area (Å²) in [4.78, 5) is 48.0. The smallest absolute Gasteiger partial charge is 0.756 e. The molecule has 0 aromatic carbocycles. The normalized spacial score (nSPS) is 15.2. The van der Waals surface area contributed by atoms with Crippen LogP contribution < -0.4 is 68.9 Å². The van der Waals surface area contributed by atoms with Gasteiger partial charge in [0, 0.05) is 12.8 Å². The van der Waals surface area contributed by atoms with E-state index in [0.717, 1.165) is 89.9 Å². The summed E-state index contributed by atoms with van der Waals surface area (Å²) in [5.41, 5.74) is 0. The van der Waals surface area contributed by atoms with Crippen LogP contribution in [-0.4, -0.2) is 85.2 Å². The first-order valence-electron chi connectivity index (χ1n) is 23.0. The monoisotopic (exact) mass is 968 g/mol. The van der Waals surface area contributed by atoms with Gasteiger partial charge in [0.05, 0.1) is 26.4 Å². The Balaban J connectivity index is -0.0000186. The van der Waals surface area contributed by atoms with Crippen LogP contribution in [0, 0.1) is 0 Å². The van der Waals surface area contributed by atoms with Crippen molar-refractivity contribution >= 4 is 27.6 Å². The van der Waals surface area contributed by atoms with Gasteiger partial charge in [0.25, 0.3) is 15.6 Å². The molecule has 19 heteroatoms. The maximum absolute atomic E-state index is 12.0. The van der Waals surface area contributed by atoms with E-state index in [4.69, 9.17) is 9.47 Å². The van der Waals surface area contributed by atoms with Crippen molar-refractivity contribution < 1.29 is 131 Å². The molecule has 0 aliphatic rings. The van der Waals surface area contributed by atoms with Crippen molar-refractivity contribution in [1.29, 1.82) is 0 Å². The summed E-state index contributed by atoms with van der Waals surface area (Å²) in [5, 5.41) is 29.8. The number of esters is 2. The van der Waals surface area contributed by atoms with Crippen LogP contribution in [0.2, 0.25) is 0 Å². The zero-order valence-corrected chi connectivity index (χ0v) is 45.5. The van der Waals surface area contributed by atoms with Gasteiger partial charge in [-0.2, -0.15) is 0 Å². The van der Waals surface area contributed by atoms with Crippen molar-refractivity contribution in [1.82, 2.24) is 0 Å². The van der Waals surface area contributed by atoms with Gasteiger partial charge in [0.15, 0.2) is 0 Å². The fraction of sp³-hybridized carbons (Fsp3) is 0.778. The summed E-state index contributed by atoms with van der Waals surface area (Å²) in [6.07, 6.45) is 36.3. The number of ether oxygens (including phenoxy) is 2. The molecular weight excluding hydrogens is 888 g/mol. The molecule has 0 aromatic rings. The average molecular weight is 969 g/mol. The Morgan fingerprint density at radius 1 is 0.438 bits per heavy atom. The Labute approximate surface area is 429 Å². The summed E-state index contributed by atoms with van der Waals surface area (Å²) in [7, 11) is -10.1. The van der Waals surface area contributed by atoms with Crippen molar-refractivity contribution in [3.8, 4) is 0 Å². The molecule has 0 saturated heterocycles. The largest absolute Gasteiger partial charge is 1.00 e. The van der Waals surface area contributed by atoms with Crippen LogP contribution >= 0.6 is 15.6 Å². The van der Waals surface area contributed by atoms with Crippen LogP contribution in [-0.2, 0) is 46.3 Å². The van der Waals surface area contributed by atoms with Gasteiger partial charge in [-0.05, 0) is 77.0 Å². The number of allylic oxidation sites excluding steroid dienone is 8. The zero-order chi connectivity index (χ0) is 46.0. The van der Waals surface area contributed by atoms with Crippen LogP contribution in [0.25, 0.3) is 0 Å². The summed E-state index contributed by atoms with van der Waals surface area (Å²) >= 11 is 0. The maximum Gasteiger partial charge on any atom is 1.00 e. The van der Waals surface area contributed by atoms with E-state index >= 15 is 0 Å². The molecule has 0 aromatic heterocycles. The standard InChI is InChI=1S/C45H82O15P2.2Na/c1-3-5-7-9-11-13-15-17-19-21-23-25-27-29-31-33-44(49)55-35-41(46)37-57-61(51,52)59-39-43(48)40-60-62(53,54)58-38-42(47)36-56-45(50)34-32-30-28-26-24-22-20-18-16-14-12-10-8-6-4-2;;/h11-14,17-20,41-43,46-48H,3-10,15-16,21-40H2,1-2H3,(H,51,52)(H,53,54);;/q;2*+1/p-2/b13-11-,14-12-,19-17-,20-18-;;/t41-,42-;;/m1../s1. The first-order valence-corrected chi connectivity index (χ1v) is 25.9. The molecule has 0 heterocycles. The maximum atomic E-state index is 12.0. The number of aliphatic hydroxyl groups excluding tert-OH is 3. The van der Waals surface area contributed by atoms with E-state index < -0.39 is 85.5 Å². The van der Waals surface area contributed by atoms with Gasteiger partial charge in [-0.1, -0.05) is 127 Å². The Bertz CT molecular complexity index is 1220. The molecule has 15 nitrogen and oxygen atoms in total. The van der Waals surface area contributed by atoms with Crippen LogP contribution in [0.5, 0.6) is 0 Å². The van der Waals surface area contributed by atoms with Gasteiger partial charge in [-0.25, -0.2) is 0 Å². The Morgan fingerprint density at radius 3 is 1.02 bits per heavy atom. The fourth-order valence-electron chi connectivity index (χ4n) is 5.61. The number of carbonyl (C=O) groups excluding carboxylic acids is 2. The molecule has 0 fully saturated rings. The predicted molar refractivity (Wildman–Crippen MR) is 238 cm³/mol.